The molecule has 0 heterocycles. The Hall–Kier alpha value is 0.340. The summed E-state index contributed by atoms with van der Waals surface area (Å²) in [4.78, 5) is 51.5. The van der Waals surface area contributed by atoms with Gasteiger partial charge in [0.05, 0.1) is 25.2 Å². The van der Waals surface area contributed by atoms with E-state index in [1.807, 2.05) is 0 Å². The molecule has 0 saturated carbocycles. The number of rotatable bonds is 8. The van der Waals surface area contributed by atoms with E-state index in [9.17, 15) is 28.9 Å². The number of carbonyl (C=O) groups excluding carboxylic acids is 2. The Bertz CT molecular complexity index is 412. The minimum absolute atomic E-state index is 0. The van der Waals surface area contributed by atoms with Gasteiger partial charge < -0.3 is 49.6 Å². The van der Waals surface area contributed by atoms with E-state index in [2.05, 4.69) is 9.05 Å². The van der Waals surface area contributed by atoms with Crippen LogP contribution in [0.3, 0.4) is 0 Å². The van der Waals surface area contributed by atoms with Gasteiger partial charge in [0.25, 0.3) is 0 Å². The van der Waals surface area contributed by atoms with Gasteiger partial charge in [-0.15, -0.1) is 0 Å². The summed E-state index contributed by atoms with van der Waals surface area (Å²) in [5, 5.41) is 36.2. The molecule has 0 saturated heterocycles. The second kappa shape index (κ2) is 12.7. The van der Waals surface area contributed by atoms with Crippen LogP contribution in [0.1, 0.15) is 0 Å². The van der Waals surface area contributed by atoms with Gasteiger partial charge in [-0.1, -0.05) is 0 Å². The fraction of sp³-hybridized carbons (Fsp3) is 0.667. The van der Waals surface area contributed by atoms with Crippen LogP contribution in [0.4, 0.5) is 0 Å². The van der Waals surface area contributed by atoms with Crippen LogP contribution in [0.25, 0.3) is 0 Å². The van der Waals surface area contributed by atoms with Crippen molar-refractivity contribution in [3.63, 3.8) is 0 Å². The monoisotopic (exact) mass is 410 g/mol. The summed E-state index contributed by atoms with van der Waals surface area (Å²) < 4.78 is 27.1. The molecule has 2 unspecified atom stereocenters. The number of carboxylic acids is 2. The molecule has 2 atom stereocenters. The summed E-state index contributed by atoms with van der Waals surface area (Å²) in [6, 6.07) is 0. The predicted molar refractivity (Wildman–Crippen MR) is 63.8 cm³/mol. The number of aliphatic hydroxyl groups excluding tert-OH is 2. The molecule has 6 N–H and O–H groups in total. The minimum atomic E-state index is -4.71. The van der Waals surface area contributed by atoms with Gasteiger partial charge in [0.1, 0.15) is 12.2 Å². The molecule has 132 valence electrons. The summed E-state index contributed by atoms with van der Waals surface area (Å²) in [6.07, 6.45) is -4.05. The Balaban J connectivity index is -0.000000333. The van der Waals surface area contributed by atoms with Crippen molar-refractivity contribution in [1.29, 1.82) is 0 Å². The largest absolute Gasteiger partial charge is 2.00 e. The predicted octanol–water partition coefficient (Wildman–Crippen LogP) is -5.97. The molecule has 14 nitrogen and oxygen atoms in total. The standard InChI is InChI=1S/2C3H7O7P.Ca/c2*4-2(3(5)6)1-10-11(7,8)9;/h2*2,4H,1H2,(H,5,6)(H2,7,8,9);/q;;+2/p-2. The average molecular weight is 410 g/mol. The smallest absolute Gasteiger partial charge is 0.547 e. The Labute approximate surface area is 158 Å². The molecule has 0 radical (unpaired) electrons. The van der Waals surface area contributed by atoms with E-state index in [1.165, 1.54) is 0 Å². The number of hydrogen-bond acceptors (Lipinski definition) is 10. The van der Waals surface area contributed by atoms with Crippen LogP contribution in [-0.4, -0.2) is 105 Å². The van der Waals surface area contributed by atoms with Crippen molar-refractivity contribution < 1.29 is 67.8 Å². The fourth-order valence-electron chi connectivity index (χ4n) is 0.471. The van der Waals surface area contributed by atoms with Crippen LogP contribution in [0.2, 0.25) is 0 Å². The number of phosphoric acid groups is 2. The molecule has 0 aliphatic carbocycles. The van der Waals surface area contributed by atoms with Crippen LogP contribution < -0.4 is 10.2 Å². The number of hydrogen-bond donors (Lipinski definition) is 6. The molecule has 0 aliphatic heterocycles. The molecule has 0 rings (SSSR count). The van der Waals surface area contributed by atoms with Crippen molar-refractivity contribution in [1.82, 2.24) is 0 Å². The molecular formula is C6H12CaO14P2. The molecule has 17 heteroatoms. The molecule has 0 aromatic heterocycles. The van der Waals surface area contributed by atoms with E-state index in [-0.39, 0.29) is 37.7 Å². The Kier molecular flexibility index (Phi) is 15.5. The number of phosphoric ester groups is 2. The zero-order valence-electron chi connectivity index (χ0n) is 11.1. The van der Waals surface area contributed by atoms with Crippen LogP contribution in [0.15, 0.2) is 0 Å². The molecule has 0 bridgehead atoms. The zero-order valence-corrected chi connectivity index (χ0v) is 15.1. The number of aliphatic hydroxyl groups is 2. The Morgan fingerprint density at radius 3 is 1.17 bits per heavy atom. The first kappa shape index (κ1) is 28.2. The third kappa shape index (κ3) is 22.3. The number of carbonyl (C=O) groups is 2. The normalized spacial score (nSPS) is 13.8. The van der Waals surface area contributed by atoms with Gasteiger partial charge in [0, 0.05) is 0 Å². The maximum atomic E-state index is 9.91. The van der Waals surface area contributed by atoms with Gasteiger partial charge in [-0.05, 0) is 0 Å². The van der Waals surface area contributed by atoms with E-state index >= 15 is 0 Å². The van der Waals surface area contributed by atoms with Crippen molar-refractivity contribution in [2.75, 3.05) is 13.2 Å². The van der Waals surface area contributed by atoms with E-state index in [1.54, 1.807) is 0 Å². The first-order chi connectivity index (χ1) is 9.65. The van der Waals surface area contributed by atoms with Crippen LogP contribution in [0, 0.1) is 0 Å². The first-order valence-corrected chi connectivity index (χ1v) is 7.89. The zero-order chi connectivity index (χ0) is 18.1. The summed E-state index contributed by atoms with van der Waals surface area (Å²) in [5.41, 5.74) is 0. The molecule has 0 aromatic carbocycles. The first-order valence-electron chi connectivity index (χ1n) is 4.83. The fourth-order valence-corrected chi connectivity index (χ4v) is 1.14. The van der Waals surface area contributed by atoms with Crippen molar-refractivity contribution in [2.24, 2.45) is 0 Å². The summed E-state index contributed by atoms with van der Waals surface area (Å²) in [7, 11) is -9.42. The van der Waals surface area contributed by atoms with Crippen molar-refractivity contribution in [2.45, 2.75) is 12.2 Å². The average Bonchev–Trinajstić information content (AvgIpc) is 2.31. The maximum absolute atomic E-state index is 9.91. The molecule has 0 fully saturated rings. The third-order valence-electron chi connectivity index (χ3n) is 1.35. The van der Waals surface area contributed by atoms with E-state index in [0.717, 1.165) is 0 Å². The SMILES string of the molecule is O=C([O-])C(O)COP(=O)(O)O.O=C([O-])C(O)COP(=O)(O)O.[Ca+2]. The second-order valence-electron chi connectivity index (χ2n) is 3.24. The van der Waals surface area contributed by atoms with Gasteiger partial charge in [-0.2, -0.15) is 0 Å². The second-order valence-corrected chi connectivity index (χ2v) is 5.72. The molecule has 0 aliphatic rings. The van der Waals surface area contributed by atoms with Crippen molar-refractivity contribution in [3.05, 3.63) is 0 Å². The topological polar surface area (TPSA) is 254 Å². The quantitative estimate of drug-likeness (QED) is 0.161. The molecule has 0 amide bonds. The Morgan fingerprint density at radius 1 is 0.826 bits per heavy atom. The maximum Gasteiger partial charge on any atom is 2.00 e. The van der Waals surface area contributed by atoms with E-state index in [4.69, 9.17) is 29.8 Å². The van der Waals surface area contributed by atoms with Gasteiger partial charge in [-0.3, -0.25) is 9.05 Å². The van der Waals surface area contributed by atoms with Gasteiger partial charge >= 0.3 is 53.4 Å². The third-order valence-corrected chi connectivity index (χ3v) is 2.32. The van der Waals surface area contributed by atoms with Crippen molar-refractivity contribution in [3.8, 4) is 0 Å². The van der Waals surface area contributed by atoms with Crippen LogP contribution >= 0.6 is 15.6 Å². The van der Waals surface area contributed by atoms with E-state index < -0.39 is 53.0 Å². The molecule has 0 aromatic rings. The molecular weight excluding hydrogens is 398 g/mol. The minimum Gasteiger partial charge on any atom is -0.547 e. The van der Waals surface area contributed by atoms with Gasteiger partial charge in [-0.25, -0.2) is 9.13 Å². The van der Waals surface area contributed by atoms with Gasteiger partial charge in [0.15, 0.2) is 0 Å². The molecule has 23 heavy (non-hydrogen) atoms. The van der Waals surface area contributed by atoms with Gasteiger partial charge in [0.2, 0.25) is 0 Å². The van der Waals surface area contributed by atoms with Crippen LogP contribution in [-0.2, 0) is 27.8 Å². The van der Waals surface area contributed by atoms with Crippen molar-refractivity contribution >= 4 is 65.3 Å². The summed E-state index contributed by atoms with van der Waals surface area (Å²) in [6.45, 7) is -1.99. The van der Waals surface area contributed by atoms with E-state index in [0.29, 0.717) is 0 Å². The summed E-state index contributed by atoms with van der Waals surface area (Å²) >= 11 is 0. The Morgan fingerprint density at radius 2 is 1.04 bits per heavy atom. The van der Waals surface area contributed by atoms with Crippen LogP contribution in [0.5, 0.6) is 0 Å². The summed E-state index contributed by atoms with van der Waals surface area (Å²) in [5.74, 6) is -3.70. The molecule has 0 spiro atoms. The number of aliphatic carboxylic acids is 2. The number of carboxylic acid groups (broad SMARTS) is 2.